The molecule has 5 aromatic rings. The Morgan fingerprint density at radius 1 is 0.907 bits per heavy atom. The maximum atomic E-state index is 13.3. The lowest BCUT2D eigenvalue weighted by molar-refractivity contribution is -0.134. The summed E-state index contributed by atoms with van der Waals surface area (Å²) in [5.41, 5.74) is 7.19. The molecule has 3 aromatic carbocycles. The van der Waals surface area contributed by atoms with Gasteiger partial charge in [0.25, 0.3) is 5.91 Å². The fourth-order valence-corrected chi connectivity index (χ4v) is 5.42. The highest BCUT2D eigenvalue weighted by Gasteiger charge is 2.18. The molecule has 0 atom stereocenters. The van der Waals surface area contributed by atoms with Crippen molar-refractivity contribution in [2.24, 2.45) is 0 Å². The Kier molecular flexibility index (Phi) is 8.56. The number of nitrogens with zero attached hydrogens (tertiary/aromatic N) is 3. The Morgan fingerprint density at radius 3 is 2.51 bits per heavy atom. The third-order valence-electron chi connectivity index (χ3n) is 7.59. The molecule has 0 unspecified atom stereocenters. The molecule has 0 saturated heterocycles. The van der Waals surface area contributed by atoms with Crippen LogP contribution < -0.4 is 9.47 Å². The topological polar surface area (TPSA) is 79.0 Å². The molecule has 0 aliphatic carbocycles. The highest BCUT2D eigenvalue weighted by atomic mass is 16.5. The van der Waals surface area contributed by atoms with Gasteiger partial charge in [-0.1, -0.05) is 35.5 Å². The number of aryl methyl sites for hydroxylation is 2. The van der Waals surface area contributed by atoms with Crippen LogP contribution in [0, 0.1) is 13.8 Å². The average Bonchev–Trinajstić information content (AvgIpc) is 3.67. The van der Waals surface area contributed by atoms with Crippen LogP contribution in [0.1, 0.15) is 28.1 Å². The lowest BCUT2D eigenvalue weighted by Crippen LogP contribution is -2.37. The summed E-state index contributed by atoms with van der Waals surface area (Å²) >= 11 is 0. The van der Waals surface area contributed by atoms with Gasteiger partial charge in [-0.3, -0.25) is 4.79 Å². The van der Waals surface area contributed by atoms with Crippen LogP contribution in [0.25, 0.3) is 16.8 Å². The maximum Gasteiger partial charge on any atom is 0.260 e. The van der Waals surface area contributed by atoms with Gasteiger partial charge in [0.2, 0.25) is 0 Å². The second-order valence-electron chi connectivity index (χ2n) is 10.7. The van der Waals surface area contributed by atoms with E-state index in [0.29, 0.717) is 45.1 Å². The van der Waals surface area contributed by atoms with Gasteiger partial charge < -0.3 is 28.2 Å². The smallest absolute Gasteiger partial charge is 0.260 e. The summed E-state index contributed by atoms with van der Waals surface area (Å²) < 4.78 is 25.4. The van der Waals surface area contributed by atoms with E-state index >= 15 is 0 Å². The number of aromatic nitrogens is 2. The van der Waals surface area contributed by atoms with Crippen LogP contribution in [0.3, 0.4) is 0 Å². The molecular formula is C35H35N3O5. The molecule has 0 N–H and O–H groups in total. The first-order chi connectivity index (χ1) is 21.0. The van der Waals surface area contributed by atoms with Crippen LogP contribution in [0.4, 0.5) is 0 Å². The van der Waals surface area contributed by atoms with E-state index < -0.39 is 0 Å². The minimum Gasteiger partial charge on any atom is -0.491 e. The van der Waals surface area contributed by atoms with Crippen molar-refractivity contribution in [3.8, 4) is 28.3 Å². The van der Waals surface area contributed by atoms with Crippen LogP contribution in [-0.2, 0) is 22.5 Å². The Balaban J connectivity index is 1.18. The molecule has 1 aliphatic heterocycles. The number of fused-ring (bicyclic) bond motifs is 3. The summed E-state index contributed by atoms with van der Waals surface area (Å²) in [4.78, 5) is 15.1. The van der Waals surface area contributed by atoms with E-state index in [0.717, 1.165) is 50.7 Å². The van der Waals surface area contributed by atoms with E-state index in [9.17, 15) is 4.79 Å². The van der Waals surface area contributed by atoms with Gasteiger partial charge in [0.05, 0.1) is 18.9 Å². The van der Waals surface area contributed by atoms with E-state index in [1.165, 1.54) is 0 Å². The van der Waals surface area contributed by atoms with Gasteiger partial charge in [0, 0.05) is 43.2 Å². The number of amides is 1. The van der Waals surface area contributed by atoms with Crippen molar-refractivity contribution >= 4 is 5.91 Å². The molecule has 220 valence electrons. The minimum atomic E-state index is -0.0960. The monoisotopic (exact) mass is 577 g/mol. The molecule has 8 heteroatoms. The molecule has 8 nitrogen and oxygen atoms in total. The van der Waals surface area contributed by atoms with Crippen LogP contribution >= 0.6 is 0 Å². The molecule has 0 radical (unpaired) electrons. The Hall–Kier alpha value is -4.82. The summed E-state index contributed by atoms with van der Waals surface area (Å²) in [5.74, 6) is 2.17. The fourth-order valence-electron chi connectivity index (χ4n) is 5.42. The Morgan fingerprint density at radius 2 is 1.72 bits per heavy atom. The Labute approximate surface area is 251 Å². The van der Waals surface area contributed by atoms with Gasteiger partial charge in [-0.15, -0.1) is 0 Å². The molecule has 3 heterocycles. The van der Waals surface area contributed by atoms with Crippen LogP contribution in [-0.4, -0.2) is 53.5 Å². The highest BCUT2D eigenvalue weighted by Crippen LogP contribution is 2.32. The van der Waals surface area contributed by atoms with Gasteiger partial charge in [-0.05, 0) is 84.6 Å². The van der Waals surface area contributed by atoms with E-state index in [1.54, 1.807) is 4.90 Å². The lowest BCUT2D eigenvalue weighted by atomic mass is 9.96. The van der Waals surface area contributed by atoms with Crippen molar-refractivity contribution in [2.75, 3.05) is 33.0 Å². The summed E-state index contributed by atoms with van der Waals surface area (Å²) in [5, 5.41) is 4.13. The Bertz CT molecular complexity index is 1650. The normalized spacial score (nSPS) is 14.0. The summed E-state index contributed by atoms with van der Waals surface area (Å²) in [6.07, 6.45) is 4.65. The van der Waals surface area contributed by atoms with E-state index in [2.05, 4.69) is 29.4 Å². The number of carbonyl (C=O) groups excluding carboxylic acids is 1. The predicted octanol–water partition coefficient (Wildman–Crippen LogP) is 6.16. The second kappa shape index (κ2) is 13.0. The fraction of sp³-hybridized carbons (Fsp3) is 0.257. The quantitative estimate of drug-likeness (QED) is 0.249. The third kappa shape index (κ3) is 6.81. The molecule has 2 aromatic heterocycles. The SMILES string of the molecule is Cc1noc(C)c1-c1ccc2c(c1)Cc1cccc(c1)CN(C(=O)COc1ccc(-n3cccc3)cc1)CCOCCO2. The molecule has 0 spiro atoms. The zero-order valence-corrected chi connectivity index (χ0v) is 24.5. The molecular weight excluding hydrogens is 542 g/mol. The zero-order chi connectivity index (χ0) is 29.6. The van der Waals surface area contributed by atoms with Gasteiger partial charge in [0.1, 0.15) is 23.9 Å². The molecule has 6 rings (SSSR count). The molecule has 2 bridgehead atoms. The first kappa shape index (κ1) is 28.3. The number of rotatable bonds is 5. The van der Waals surface area contributed by atoms with Crippen molar-refractivity contribution in [3.63, 3.8) is 0 Å². The standard InChI is InChI=1S/C35H35N3O5/c1-25-35(26(2)43-36-25)29-8-13-33-30(22-29)21-27-6-5-7-28(20-27)23-38(16-17-40-18-19-41-33)34(39)24-42-32-11-9-31(10-12-32)37-14-3-4-15-37/h3-15,20,22H,16-19,21,23-24H2,1-2H3. The average molecular weight is 578 g/mol. The summed E-state index contributed by atoms with van der Waals surface area (Å²) in [7, 11) is 0. The van der Waals surface area contributed by atoms with E-state index in [4.69, 9.17) is 18.7 Å². The molecule has 0 fully saturated rings. The molecule has 1 amide bonds. The van der Waals surface area contributed by atoms with Crippen LogP contribution in [0.2, 0.25) is 0 Å². The first-order valence-corrected chi connectivity index (χ1v) is 14.5. The van der Waals surface area contributed by atoms with Gasteiger partial charge in [0.15, 0.2) is 6.61 Å². The first-order valence-electron chi connectivity index (χ1n) is 14.5. The van der Waals surface area contributed by atoms with Crippen LogP contribution in [0.15, 0.2) is 95.8 Å². The third-order valence-corrected chi connectivity index (χ3v) is 7.59. The van der Waals surface area contributed by atoms with Crippen molar-refractivity contribution in [2.45, 2.75) is 26.8 Å². The van der Waals surface area contributed by atoms with Crippen molar-refractivity contribution < 1.29 is 23.5 Å². The zero-order valence-electron chi connectivity index (χ0n) is 24.5. The summed E-state index contributed by atoms with van der Waals surface area (Å²) in [6.45, 7) is 5.98. The van der Waals surface area contributed by atoms with Crippen LogP contribution in [0.5, 0.6) is 11.5 Å². The number of carbonyl (C=O) groups is 1. The van der Waals surface area contributed by atoms with Gasteiger partial charge >= 0.3 is 0 Å². The van der Waals surface area contributed by atoms with Crippen molar-refractivity contribution in [1.82, 2.24) is 14.6 Å². The molecule has 1 aliphatic rings. The van der Waals surface area contributed by atoms with Crippen molar-refractivity contribution in [1.29, 1.82) is 0 Å². The largest absolute Gasteiger partial charge is 0.491 e. The number of hydrogen-bond donors (Lipinski definition) is 0. The maximum absolute atomic E-state index is 13.3. The molecule has 43 heavy (non-hydrogen) atoms. The lowest BCUT2D eigenvalue weighted by Gasteiger charge is -2.24. The van der Waals surface area contributed by atoms with E-state index in [-0.39, 0.29) is 12.5 Å². The highest BCUT2D eigenvalue weighted by molar-refractivity contribution is 5.77. The van der Waals surface area contributed by atoms with Crippen molar-refractivity contribution in [3.05, 3.63) is 119 Å². The number of ether oxygens (including phenoxy) is 3. The second-order valence-corrected chi connectivity index (χ2v) is 10.7. The molecule has 0 saturated carbocycles. The number of hydrogen-bond acceptors (Lipinski definition) is 6. The van der Waals surface area contributed by atoms with Gasteiger partial charge in [-0.25, -0.2) is 0 Å². The predicted molar refractivity (Wildman–Crippen MR) is 164 cm³/mol. The summed E-state index contributed by atoms with van der Waals surface area (Å²) in [6, 6.07) is 26.2. The number of benzene rings is 3. The van der Waals surface area contributed by atoms with Gasteiger partial charge in [-0.2, -0.15) is 0 Å². The van der Waals surface area contributed by atoms with E-state index in [1.807, 2.05) is 85.4 Å². The minimum absolute atomic E-state index is 0.0521.